The van der Waals surface area contributed by atoms with Crippen LogP contribution in [0.15, 0.2) is 23.8 Å². The molecule has 32 heavy (non-hydrogen) atoms. The van der Waals surface area contributed by atoms with Gasteiger partial charge in [-0.3, -0.25) is 9.53 Å². The van der Waals surface area contributed by atoms with E-state index in [0.717, 1.165) is 0 Å². The number of fused-ring (bicyclic) bond motifs is 6. The molecule has 0 bridgehead atoms. The van der Waals surface area contributed by atoms with Crippen LogP contribution in [0.3, 0.4) is 0 Å². The lowest BCUT2D eigenvalue weighted by molar-refractivity contribution is -0.338. The summed E-state index contributed by atoms with van der Waals surface area (Å²) in [5, 5.41) is 11.4. The van der Waals surface area contributed by atoms with Crippen molar-refractivity contribution in [2.75, 3.05) is 7.11 Å². The highest BCUT2D eigenvalue weighted by atomic mass is 19.1. The molecule has 1 aliphatic heterocycles. The molecule has 5 rings (SSSR count). The number of carbonyl (C=O) groups excluding carboxylic acids is 2. The molecule has 1 heterocycles. The van der Waals surface area contributed by atoms with Crippen molar-refractivity contribution in [3.8, 4) is 0 Å². The van der Waals surface area contributed by atoms with Gasteiger partial charge in [-0.05, 0) is 55.7 Å². The third-order valence-corrected chi connectivity index (χ3v) is 9.47. The lowest BCUT2D eigenvalue weighted by Crippen LogP contribution is -2.70. The number of allylic oxidation sites excluding steroid dienone is 4. The second kappa shape index (κ2) is 6.27. The zero-order valence-electron chi connectivity index (χ0n) is 19.0. The van der Waals surface area contributed by atoms with Crippen molar-refractivity contribution in [2.24, 2.45) is 28.6 Å². The molecule has 1 saturated heterocycles. The van der Waals surface area contributed by atoms with Crippen molar-refractivity contribution >= 4 is 11.8 Å². The standard InChI is InChI=1S/C24H30F2O6/c1-12-8-14-15-10-17(25)16-9-13(27)6-7-20(16,2)23(15,26)18(28)11-21(14,3)24(12)19(29)31-22(4,30-5)32-24/h6-7,9,12,14-15,17-18,28H,8,10-11H2,1-5H3/t12-,14+,15+,17+,18+,20+,21+,22?,23+,24+/m1/s1. The molecule has 1 N–H and O–H groups in total. The number of hydrogen-bond donors (Lipinski definition) is 1. The van der Waals surface area contributed by atoms with Crippen molar-refractivity contribution in [1.29, 1.82) is 0 Å². The first-order chi connectivity index (χ1) is 14.8. The summed E-state index contributed by atoms with van der Waals surface area (Å²) >= 11 is 0. The van der Waals surface area contributed by atoms with Gasteiger partial charge in [0, 0.05) is 30.8 Å². The van der Waals surface area contributed by atoms with Crippen LogP contribution in [0.1, 0.15) is 47.0 Å². The summed E-state index contributed by atoms with van der Waals surface area (Å²) in [7, 11) is 1.37. The average Bonchev–Trinajstić information content (AvgIpc) is 3.12. The molecule has 5 aliphatic rings. The van der Waals surface area contributed by atoms with Gasteiger partial charge < -0.3 is 14.6 Å². The second-order valence-electron chi connectivity index (χ2n) is 10.8. The number of cyclic esters (lactones) is 1. The molecule has 8 heteroatoms. The fourth-order valence-corrected chi connectivity index (χ4v) is 7.86. The lowest BCUT2D eigenvalue weighted by Gasteiger charge is -2.62. The number of halogens is 2. The molecule has 1 spiro atoms. The molecule has 0 amide bonds. The Kier molecular flexibility index (Phi) is 4.34. The number of aliphatic hydroxyl groups excluding tert-OH is 1. The summed E-state index contributed by atoms with van der Waals surface area (Å²) in [5.41, 5.74) is -6.00. The predicted molar refractivity (Wildman–Crippen MR) is 109 cm³/mol. The summed E-state index contributed by atoms with van der Waals surface area (Å²) in [6.07, 6.45) is 0.987. The molecule has 3 saturated carbocycles. The lowest BCUT2D eigenvalue weighted by atomic mass is 9.44. The topological polar surface area (TPSA) is 82.1 Å². The van der Waals surface area contributed by atoms with E-state index < -0.39 is 58.2 Å². The van der Waals surface area contributed by atoms with Crippen LogP contribution in [0.2, 0.25) is 0 Å². The van der Waals surface area contributed by atoms with E-state index in [9.17, 15) is 14.7 Å². The molecule has 10 atom stereocenters. The number of rotatable bonds is 1. The van der Waals surface area contributed by atoms with Gasteiger partial charge in [0.1, 0.15) is 6.17 Å². The van der Waals surface area contributed by atoms with Gasteiger partial charge in [0.25, 0.3) is 0 Å². The molecular weight excluding hydrogens is 422 g/mol. The third-order valence-electron chi connectivity index (χ3n) is 9.47. The van der Waals surface area contributed by atoms with Crippen LogP contribution >= 0.6 is 0 Å². The Balaban J connectivity index is 1.64. The van der Waals surface area contributed by atoms with Crippen LogP contribution in [0.5, 0.6) is 0 Å². The minimum atomic E-state index is -2.19. The van der Waals surface area contributed by atoms with Crippen LogP contribution in [-0.4, -0.2) is 53.5 Å². The summed E-state index contributed by atoms with van der Waals surface area (Å²) < 4.78 is 49.6. The first-order valence-electron chi connectivity index (χ1n) is 11.2. The molecule has 0 aromatic carbocycles. The summed E-state index contributed by atoms with van der Waals surface area (Å²) in [6, 6.07) is 0. The van der Waals surface area contributed by atoms with Gasteiger partial charge >= 0.3 is 11.9 Å². The van der Waals surface area contributed by atoms with E-state index in [-0.39, 0.29) is 30.1 Å². The van der Waals surface area contributed by atoms with Crippen molar-refractivity contribution in [2.45, 2.75) is 76.5 Å². The number of carbonyl (C=O) groups is 2. The molecule has 0 aromatic heterocycles. The molecule has 176 valence electrons. The number of ether oxygens (including phenoxy) is 3. The molecule has 0 radical (unpaired) electrons. The van der Waals surface area contributed by atoms with E-state index in [4.69, 9.17) is 14.2 Å². The Morgan fingerprint density at radius 2 is 1.88 bits per heavy atom. The van der Waals surface area contributed by atoms with Gasteiger partial charge in [-0.2, -0.15) is 0 Å². The summed E-state index contributed by atoms with van der Waals surface area (Å²) in [6.45, 7) is 6.72. The predicted octanol–water partition coefficient (Wildman–Crippen LogP) is 3.18. The number of ketones is 1. The van der Waals surface area contributed by atoms with Crippen LogP contribution in [0.4, 0.5) is 8.78 Å². The van der Waals surface area contributed by atoms with Gasteiger partial charge in [-0.25, -0.2) is 13.6 Å². The molecular formula is C24H30F2O6. The molecule has 0 aromatic rings. The fraction of sp³-hybridized carbons (Fsp3) is 0.750. The number of esters is 1. The van der Waals surface area contributed by atoms with Crippen molar-refractivity contribution < 1.29 is 37.7 Å². The van der Waals surface area contributed by atoms with Gasteiger partial charge in [-0.1, -0.05) is 19.9 Å². The van der Waals surface area contributed by atoms with Crippen molar-refractivity contribution in [1.82, 2.24) is 0 Å². The minimum Gasteiger partial charge on any atom is -0.406 e. The van der Waals surface area contributed by atoms with Crippen LogP contribution in [-0.2, 0) is 23.8 Å². The van der Waals surface area contributed by atoms with Crippen molar-refractivity contribution in [3.05, 3.63) is 23.8 Å². The second-order valence-corrected chi connectivity index (χ2v) is 10.8. The van der Waals surface area contributed by atoms with E-state index in [1.807, 2.05) is 13.8 Å². The Bertz CT molecular complexity index is 964. The van der Waals surface area contributed by atoms with E-state index in [1.165, 1.54) is 32.3 Å². The number of methoxy groups -OCH3 is 1. The maximum absolute atomic E-state index is 17.2. The first kappa shape index (κ1) is 22.2. The fourth-order valence-electron chi connectivity index (χ4n) is 7.86. The number of aliphatic hydroxyl groups is 1. The maximum Gasteiger partial charge on any atom is 0.343 e. The third kappa shape index (κ3) is 2.24. The van der Waals surface area contributed by atoms with Gasteiger partial charge in [0.2, 0.25) is 0 Å². The van der Waals surface area contributed by atoms with Gasteiger partial charge in [-0.15, -0.1) is 0 Å². The Morgan fingerprint density at radius 3 is 2.50 bits per heavy atom. The molecule has 6 nitrogen and oxygen atoms in total. The van der Waals surface area contributed by atoms with Gasteiger partial charge in [0.05, 0.1) is 6.10 Å². The van der Waals surface area contributed by atoms with E-state index in [2.05, 4.69) is 0 Å². The molecule has 4 aliphatic carbocycles. The zero-order chi connectivity index (χ0) is 23.5. The highest BCUT2D eigenvalue weighted by molar-refractivity contribution is 6.01. The number of hydrogen-bond acceptors (Lipinski definition) is 6. The van der Waals surface area contributed by atoms with Crippen LogP contribution in [0, 0.1) is 28.6 Å². The largest absolute Gasteiger partial charge is 0.406 e. The molecule has 1 unspecified atom stereocenters. The highest BCUT2D eigenvalue weighted by Crippen LogP contribution is 2.72. The summed E-state index contributed by atoms with van der Waals surface area (Å²) in [4.78, 5) is 25.2. The van der Waals surface area contributed by atoms with E-state index >= 15 is 8.78 Å². The van der Waals surface area contributed by atoms with Crippen LogP contribution < -0.4 is 0 Å². The Hall–Kier alpha value is -1.64. The highest BCUT2D eigenvalue weighted by Gasteiger charge is 2.80. The Labute approximate surface area is 186 Å². The van der Waals surface area contributed by atoms with Crippen LogP contribution in [0.25, 0.3) is 0 Å². The number of alkyl halides is 2. The van der Waals surface area contributed by atoms with Crippen molar-refractivity contribution in [3.63, 3.8) is 0 Å². The zero-order valence-corrected chi connectivity index (χ0v) is 19.0. The quantitative estimate of drug-likeness (QED) is 0.616. The normalized spacial score (nSPS) is 56.5. The first-order valence-corrected chi connectivity index (χ1v) is 11.2. The summed E-state index contributed by atoms with van der Waals surface area (Å²) in [5.74, 6) is -4.24. The van der Waals surface area contributed by atoms with Gasteiger partial charge in [0.15, 0.2) is 17.1 Å². The SMILES string of the molecule is COC1(C)OC(=O)[C@@]2(O1)[C@H](C)C[C@H]1[C@@H]3C[C@H](F)C4=CC(=O)C=C[C@]4(C)[C@@]3(F)[C@@H](O)C[C@@]12C. The average molecular weight is 452 g/mol. The minimum absolute atomic E-state index is 0.0640. The Morgan fingerprint density at radius 1 is 1.19 bits per heavy atom. The smallest absolute Gasteiger partial charge is 0.343 e. The van der Waals surface area contributed by atoms with E-state index in [0.29, 0.717) is 6.42 Å². The van der Waals surface area contributed by atoms with E-state index in [1.54, 1.807) is 6.92 Å². The monoisotopic (exact) mass is 452 g/mol. The maximum atomic E-state index is 17.2. The molecule has 4 fully saturated rings.